The molecule has 0 aliphatic carbocycles. The molecule has 1 heterocycles. The molecular weight excluding hydrogens is 236 g/mol. The van der Waals surface area contributed by atoms with Gasteiger partial charge in [0.1, 0.15) is 11.4 Å². The van der Waals surface area contributed by atoms with E-state index in [9.17, 15) is 9.59 Å². The molecule has 0 bridgehead atoms. The molecule has 1 atom stereocenters. The van der Waals surface area contributed by atoms with Crippen LogP contribution in [-0.4, -0.2) is 35.7 Å². The van der Waals surface area contributed by atoms with Gasteiger partial charge in [-0.25, -0.2) is 9.78 Å². The van der Waals surface area contributed by atoms with Gasteiger partial charge in [-0.1, -0.05) is 6.92 Å². The second-order valence-corrected chi connectivity index (χ2v) is 4.02. The van der Waals surface area contributed by atoms with E-state index in [2.05, 4.69) is 10.3 Å². The molecule has 1 rings (SSSR count). The maximum Gasteiger partial charge on any atom is 0.339 e. The highest BCUT2D eigenvalue weighted by Gasteiger charge is 2.14. The molecule has 6 heteroatoms. The first-order valence-corrected chi connectivity index (χ1v) is 5.51. The van der Waals surface area contributed by atoms with Crippen molar-refractivity contribution in [3.8, 4) is 0 Å². The summed E-state index contributed by atoms with van der Waals surface area (Å²) < 4.78 is 4.93. The lowest BCUT2D eigenvalue weighted by Crippen LogP contribution is -2.19. The fraction of sp³-hybridized carbons (Fsp3) is 0.417. The summed E-state index contributed by atoms with van der Waals surface area (Å²) in [5.74, 6) is -1.27. The number of nitrogens with one attached hydrogen (secondary N) is 1. The molecule has 0 saturated heterocycles. The Morgan fingerprint density at radius 1 is 1.56 bits per heavy atom. The van der Waals surface area contributed by atoms with Gasteiger partial charge in [0.2, 0.25) is 5.91 Å². The van der Waals surface area contributed by atoms with Crippen LogP contribution in [-0.2, 0) is 9.53 Å². The number of carboxylic acids is 1. The minimum absolute atomic E-state index is 0.0229. The maximum absolute atomic E-state index is 11.7. The van der Waals surface area contributed by atoms with Crippen LogP contribution in [0.1, 0.15) is 23.7 Å². The van der Waals surface area contributed by atoms with E-state index in [0.717, 1.165) is 0 Å². The van der Waals surface area contributed by atoms with Crippen LogP contribution < -0.4 is 5.32 Å². The molecule has 1 amide bonds. The lowest BCUT2D eigenvalue weighted by atomic mass is 10.1. The average Bonchev–Trinajstić information content (AvgIpc) is 2.29. The van der Waals surface area contributed by atoms with Crippen molar-refractivity contribution in [2.24, 2.45) is 5.92 Å². The Balaban J connectivity index is 2.67. The van der Waals surface area contributed by atoms with Crippen molar-refractivity contribution in [2.45, 2.75) is 13.3 Å². The van der Waals surface area contributed by atoms with Gasteiger partial charge in [0.05, 0.1) is 0 Å². The van der Waals surface area contributed by atoms with E-state index < -0.39 is 5.97 Å². The molecule has 1 aromatic heterocycles. The fourth-order valence-electron chi connectivity index (χ4n) is 1.52. The number of ether oxygens (including phenoxy) is 1. The third kappa shape index (κ3) is 4.14. The van der Waals surface area contributed by atoms with Crippen molar-refractivity contribution in [1.82, 2.24) is 4.98 Å². The zero-order chi connectivity index (χ0) is 13.5. The first-order chi connectivity index (χ1) is 8.54. The summed E-state index contributed by atoms with van der Waals surface area (Å²) in [4.78, 5) is 26.4. The van der Waals surface area contributed by atoms with E-state index in [-0.39, 0.29) is 29.6 Å². The summed E-state index contributed by atoms with van der Waals surface area (Å²) in [7, 11) is 1.57. The Kier molecular flexibility index (Phi) is 5.26. The van der Waals surface area contributed by atoms with Gasteiger partial charge in [-0.15, -0.1) is 0 Å². The molecule has 0 aliphatic rings. The normalized spacial score (nSPS) is 11.9. The Hall–Kier alpha value is -1.95. The molecule has 0 fully saturated rings. The number of hydrogen-bond acceptors (Lipinski definition) is 4. The molecule has 0 saturated carbocycles. The number of hydrogen-bond donors (Lipinski definition) is 2. The highest BCUT2D eigenvalue weighted by molar-refractivity contribution is 5.99. The van der Waals surface area contributed by atoms with Crippen LogP contribution in [0.4, 0.5) is 5.82 Å². The molecule has 98 valence electrons. The number of rotatable bonds is 6. The van der Waals surface area contributed by atoms with Crippen LogP contribution in [0.3, 0.4) is 0 Å². The molecule has 6 nitrogen and oxygen atoms in total. The Morgan fingerprint density at radius 3 is 2.89 bits per heavy atom. The SMILES string of the molecule is COCC(C)CC(=O)Nc1ncccc1C(=O)O. The van der Waals surface area contributed by atoms with Crippen molar-refractivity contribution in [3.63, 3.8) is 0 Å². The zero-order valence-corrected chi connectivity index (χ0v) is 10.3. The highest BCUT2D eigenvalue weighted by atomic mass is 16.5. The highest BCUT2D eigenvalue weighted by Crippen LogP contribution is 2.12. The largest absolute Gasteiger partial charge is 0.478 e. The van der Waals surface area contributed by atoms with Gasteiger partial charge in [-0.3, -0.25) is 4.79 Å². The topological polar surface area (TPSA) is 88.5 Å². The number of anilines is 1. The number of carboxylic acid groups (broad SMARTS) is 1. The van der Waals surface area contributed by atoms with Crippen LogP contribution in [0.15, 0.2) is 18.3 Å². The number of aromatic nitrogens is 1. The summed E-state index contributed by atoms with van der Waals surface area (Å²) in [6, 6.07) is 2.90. The van der Waals surface area contributed by atoms with Crippen LogP contribution in [0, 0.1) is 5.92 Å². The van der Waals surface area contributed by atoms with Crippen molar-refractivity contribution in [2.75, 3.05) is 19.0 Å². The number of carbonyl (C=O) groups is 2. The van der Waals surface area contributed by atoms with Crippen LogP contribution in [0.25, 0.3) is 0 Å². The number of aromatic carboxylic acids is 1. The summed E-state index contributed by atoms with van der Waals surface area (Å²) in [5, 5.41) is 11.4. The molecule has 0 aliphatic heterocycles. The number of methoxy groups -OCH3 is 1. The molecule has 1 aromatic rings. The van der Waals surface area contributed by atoms with Gasteiger partial charge < -0.3 is 15.2 Å². The second kappa shape index (κ2) is 6.70. The van der Waals surface area contributed by atoms with E-state index in [1.807, 2.05) is 6.92 Å². The number of carbonyl (C=O) groups excluding carboxylic acids is 1. The van der Waals surface area contributed by atoms with Gasteiger partial charge in [0, 0.05) is 26.3 Å². The molecule has 0 radical (unpaired) electrons. The van der Waals surface area contributed by atoms with Gasteiger partial charge in [0.15, 0.2) is 0 Å². The predicted molar refractivity (Wildman–Crippen MR) is 65.5 cm³/mol. The van der Waals surface area contributed by atoms with Gasteiger partial charge in [0.25, 0.3) is 0 Å². The van der Waals surface area contributed by atoms with Crippen molar-refractivity contribution < 1.29 is 19.4 Å². The van der Waals surface area contributed by atoms with E-state index >= 15 is 0 Å². The van der Waals surface area contributed by atoms with Gasteiger partial charge in [-0.2, -0.15) is 0 Å². The first-order valence-electron chi connectivity index (χ1n) is 5.51. The van der Waals surface area contributed by atoms with Crippen LogP contribution in [0.5, 0.6) is 0 Å². The maximum atomic E-state index is 11.7. The molecule has 1 unspecified atom stereocenters. The summed E-state index contributed by atoms with van der Waals surface area (Å²) in [6.45, 7) is 2.35. The molecular formula is C12H16N2O4. The van der Waals surface area contributed by atoms with E-state index in [1.54, 1.807) is 7.11 Å². The Bertz CT molecular complexity index is 434. The second-order valence-electron chi connectivity index (χ2n) is 4.02. The van der Waals surface area contributed by atoms with Crippen molar-refractivity contribution >= 4 is 17.7 Å². The lowest BCUT2D eigenvalue weighted by molar-refractivity contribution is -0.117. The molecule has 18 heavy (non-hydrogen) atoms. The third-order valence-corrected chi connectivity index (χ3v) is 2.28. The van der Waals surface area contributed by atoms with E-state index in [0.29, 0.717) is 6.61 Å². The summed E-state index contributed by atoms with van der Waals surface area (Å²) in [6.07, 6.45) is 1.68. The predicted octanol–water partition coefficient (Wildman–Crippen LogP) is 1.39. The zero-order valence-electron chi connectivity index (χ0n) is 10.3. The molecule has 2 N–H and O–H groups in total. The van der Waals surface area contributed by atoms with Crippen LogP contribution >= 0.6 is 0 Å². The number of amides is 1. The van der Waals surface area contributed by atoms with Gasteiger partial charge in [-0.05, 0) is 18.1 Å². The number of pyridine rings is 1. The van der Waals surface area contributed by atoms with Crippen LogP contribution in [0.2, 0.25) is 0 Å². The monoisotopic (exact) mass is 252 g/mol. The first kappa shape index (κ1) is 14.1. The quantitative estimate of drug-likeness (QED) is 0.798. The van der Waals surface area contributed by atoms with E-state index in [4.69, 9.17) is 9.84 Å². The number of nitrogens with zero attached hydrogens (tertiary/aromatic N) is 1. The summed E-state index contributed by atoms with van der Waals surface area (Å²) >= 11 is 0. The van der Waals surface area contributed by atoms with Crippen molar-refractivity contribution in [3.05, 3.63) is 23.9 Å². The minimum Gasteiger partial charge on any atom is -0.478 e. The Labute approximate surface area is 105 Å². The standard InChI is InChI=1S/C12H16N2O4/c1-8(7-18-2)6-10(15)14-11-9(12(16)17)4-3-5-13-11/h3-5,8H,6-7H2,1-2H3,(H,16,17)(H,13,14,15). The Morgan fingerprint density at radius 2 is 2.28 bits per heavy atom. The van der Waals surface area contributed by atoms with Gasteiger partial charge >= 0.3 is 5.97 Å². The molecule has 0 aromatic carbocycles. The fourth-order valence-corrected chi connectivity index (χ4v) is 1.52. The third-order valence-electron chi connectivity index (χ3n) is 2.28. The summed E-state index contributed by atoms with van der Waals surface area (Å²) in [5.41, 5.74) is -0.0229. The minimum atomic E-state index is -1.12. The van der Waals surface area contributed by atoms with Crippen molar-refractivity contribution in [1.29, 1.82) is 0 Å². The lowest BCUT2D eigenvalue weighted by Gasteiger charge is -2.11. The smallest absolute Gasteiger partial charge is 0.339 e. The average molecular weight is 252 g/mol. The van der Waals surface area contributed by atoms with E-state index in [1.165, 1.54) is 18.3 Å². The molecule has 0 spiro atoms.